The minimum Gasteiger partial charge on any atom is -0.361 e. The van der Waals surface area contributed by atoms with Crippen LogP contribution in [0.3, 0.4) is 0 Å². The Labute approximate surface area is 137 Å². The van der Waals surface area contributed by atoms with E-state index in [1.54, 1.807) is 0 Å². The van der Waals surface area contributed by atoms with Crippen molar-refractivity contribution in [2.24, 2.45) is 0 Å². The van der Waals surface area contributed by atoms with Crippen molar-refractivity contribution in [3.8, 4) is 0 Å². The predicted molar refractivity (Wildman–Crippen MR) is 100 cm³/mol. The zero-order valence-electron chi connectivity index (χ0n) is 14.1. The molecule has 4 rings (SSSR count). The molecule has 2 aromatic heterocycles. The third-order valence-corrected chi connectivity index (χ3v) is 4.30. The summed E-state index contributed by atoms with van der Waals surface area (Å²) in [5.74, 6) is 0.598. The van der Waals surface area contributed by atoms with Gasteiger partial charge < -0.3 is 9.97 Å². The summed E-state index contributed by atoms with van der Waals surface area (Å²) in [6.07, 6.45) is 5.30. The van der Waals surface area contributed by atoms with Gasteiger partial charge in [-0.15, -0.1) is 0 Å². The van der Waals surface area contributed by atoms with Crippen LogP contribution in [0.25, 0.3) is 21.8 Å². The Morgan fingerprint density at radius 3 is 2.00 bits per heavy atom. The third kappa shape index (κ3) is 3.16. The van der Waals surface area contributed by atoms with Crippen LogP contribution in [0.5, 0.6) is 0 Å². The molecule has 0 atom stereocenters. The predicted octanol–water partition coefficient (Wildman–Crippen LogP) is 6.02. The molecule has 0 bridgehead atoms. The Morgan fingerprint density at radius 1 is 0.783 bits per heavy atom. The Hall–Kier alpha value is -2.48. The van der Waals surface area contributed by atoms with Crippen LogP contribution in [0, 0.1) is 0 Å². The lowest BCUT2D eigenvalue weighted by Gasteiger charge is -2.00. The highest BCUT2D eigenvalue weighted by Crippen LogP contribution is 2.24. The van der Waals surface area contributed by atoms with Crippen molar-refractivity contribution >= 4 is 21.8 Å². The van der Waals surface area contributed by atoms with Crippen LogP contribution >= 0.6 is 0 Å². The van der Waals surface area contributed by atoms with Gasteiger partial charge in [0.15, 0.2) is 0 Å². The summed E-state index contributed by atoms with van der Waals surface area (Å²) < 4.78 is 0. The minimum atomic E-state index is 0.598. The molecule has 2 N–H and O–H groups in total. The van der Waals surface area contributed by atoms with Gasteiger partial charge in [0.2, 0.25) is 0 Å². The number of nitrogens with one attached hydrogen (secondary N) is 2. The Morgan fingerprint density at radius 2 is 1.35 bits per heavy atom. The lowest BCUT2D eigenvalue weighted by molar-refractivity contribution is 0.875. The molecular weight excluding hydrogens is 280 g/mol. The van der Waals surface area contributed by atoms with Gasteiger partial charge in [0, 0.05) is 34.2 Å². The molecule has 2 nitrogen and oxygen atoms in total. The van der Waals surface area contributed by atoms with Crippen LogP contribution in [0.1, 0.15) is 37.8 Å². The number of aryl methyl sites for hydroxylation is 1. The van der Waals surface area contributed by atoms with Gasteiger partial charge in [0.1, 0.15) is 0 Å². The maximum atomic E-state index is 3.27. The highest BCUT2D eigenvalue weighted by Gasteiger charge is 2.05. The fourth-order valence-corrected chi connectivity index (χ4v) is 3.00. The molecule has 2 aromatic carbocycles. The van der Waals surface area contributed by atoms with Crippen molar-refractivity contribution in [1.29, 1.82) is 0 Å². The fraction of sp³-hybridized carbons (Fsp3) is 0.238. The largest absolute Gasteiger partial charge is 0.361 e. The number of hydrogen-bond acceptors (Lipinski definition) is 0. The van der Waals surface area contributed by atoms with Crippen molar-refractivity contribution in [1.82, 2.24) is 9.97 Å². The number of aromatic nitrogens is 2. The highest BCUT2D eigenvalue weighted by atomic mass is 14.7. The number of para-hydroxylation sites is 2. The van der Waals surface area contributed by atoms with Gasteiger partial charge in [-0.05, 0) is 35.6 Å². The smallest absolute Gasteiger partial charge is 0.0456 e. The first-order valence-electron chi connectivity index (χ1n) is 8.31. The molecule has 0 radical (unpaired) electrons. The average molecular weight is 304 g/mol. The number of hydrogen-bond donors (Lipinski definition) is 2. The average Bonchev–Trinajstić information content (AvgIpc) is 3.19. The summed E-state index contributed by atoms with van der Waals surface area (Å²) in [5.41, 5.74) is 5.29. The van der Waals surface area contributed by atoms with Gasteiger partial charge in [-0.1, -0.05) is 57.2 Å². The molecule has 0 aliphatic rings. The molecule has 0 aliphatic carbocycles. The van der Waals surface area contributed by atoms with E-state index in [-0.39, 0.29) is 0 Å². The third-order valence-electron chi connectivity index (χ3n) is 4.30. The molecule has 2 heterocycles. The molecule has 2 heteroatoms. The standard InChI is InChI=1S/C11H13N.C10H11N/c1-8(2)10-7-12-11-6-4-3-5-9(10)11;1-2-8-7-11-10-6-4-3-5-9(8)10/h3-8,12H,1-2H3;3-7,11H,2H2,1H3. The van der Waals surface area contributed by atoms with Crippen molar-refractivity contribution in [2.75, 3.05) is 0 Å². The second-order valence-electron chi connectivity index (χ2n) is 6.16. The number of aromatic amines is 2. The van der Waals surface area contributed by atoms with Crippen LogP contribution in [-0.2, 0) is 6.42 Å². The minimum absolute atomic E-state index is 0.598. The summed E-state index contributed by atoms with van der Waals surface area (Å²) in [5, 5.41) is 2.71. The Balaban J connectivity index is 0.000000136. The highest BCUT2D eigenvalue weighted by molar-refractivity contribution is 5.83. The molecular formula is C21H24N2. The fourth-order valence-electron chi connectivity index (χ4n) is 3.00. The maximum absolute atomic E-state index is 3.27. The zero-order chi connectivity index (χ0) is 16.2. The lowest BCUT2D eigenvalue weighted by Crippen LogP contribution is -1.82. The Bertz CT molecular complexity index is 896. The van der Waals surface area contributed by atoms with Crippen molar-refractivity contribution in [3.63, 3.8) is 0 Å². The first-order valence-corrected chi connectivity index (χ1v) is 8.31. The molecule has 0 aliphatic heterocycles. The second-order valence-corrected chi connectivity index (χ2v) is 6.16. The van der Waals surface area contributed by atoms with E-state index in [9.17, 15) is 0 Å². The molecule has 0 spiro atoms. The number of rotatable bonds is 2. The number of benzene rings is 2. The lowest BCUT2D eigenvalue weighted by atomic mass is 10.0. The molecule has 0 fully saturated rings. The number of H-pyrrole nitrogens is 2. The van der Waals surface area contributed by atoms with Crippen LogP contribution in [0.2, 0.25) is 0 Å². The van der Waals surface area contributed by atoms with Gasteiger partial charge in [0.25, 0.3) is 0 Å². The molecule has 0 unspecified atom stereocenters. The summed E-state index contributed by atoms with van der Waals surface area (Å²) in [4.78, 5) is 6.51. The van der Waals surface area contributed by atoms with E-state index < -0.39 is 0 Å². The molecule has 118 valence electrons. The van der Waals surface area contributed by atoms with Gasteiger partial charge in [-0.3, -0.25) is 0 Å². The molecule has 0 amide bonds. The van der Waals surface area contributed by atoms with Gasteiger partial charge >= 0.3 is 0 Å². The van der Waals surface area contributed by atoms with E-state index in [2.05, 4.69) is 91.7 Å². The summed E-state index contributed by atoms with van der Waals surface area (Å²) >= 11 is 0. The van der Waals surface area contributed by atoms with Crippen molar-refractivity contribution in [2.45, 2.75) is 33.1 Å². The molecule has 23 heavy (non-hydrogen) atoms. The van der Waals surface area contributed by atoms with Crippen LogP contribution in [-0.4, -0.2) is 9.97 Å². The van der Waals surface area contributed by atoms with E-state index in [1.165, 1.54) is 32.9 Å². The zero-order valence-corrected chi connectivity index (χ0v) is 14.1. The van der Waals surface area contributed by atoms with Crippen LogP contribution in [0.15, 0.2) is 60.9 Å². The maximum Gasteiger partial charge on any atom is 0.0456 e. The topological polar surface area (TPSA) is 31.6 Å². The number of fused-ring (bicyclic) bond motifs is 2. The first kappa shape index (κ1) is 15.4. The molecule has 4 aromatic rings. The SMILES string of the molecule is CC(C)c1c[nH]c2ccccc12.CCc1c[nH]c2ccccc12. The van der Waals surface area contributed by atoms with E-state index >= 15 is 0 Å². The molecule has 0 saturated carbocycles. The van der Waals surface area contributed by atoms with Crippen molar-refractivity contribution < 1.29 is 0 Å². The Kier molecular flexibility index (Phi) is 4.52. The van der Waals surface area contributed by atoms with Gasteiger partial charge in [-0.2, -0.15) is 0 Å². The van der Waals surface area contributed by atoms with Crippen molar-refractivity contribution in [3.05, 3.63) is 72.1 Å². The first-order chi connectivity index (χ1) is 11.2. The molecule has 0 saturated heterocycles. The van der Waals surface area contributed by atoms with Crippen LogP contribution < -0.4 is 0 Å². The van der Waals surface area contributed by atoms with E-state index in [1.807, 2.05) is 0 Å². The van der Waals surface area contributed by atoms with E-state index in [0.717, 1.165) is 6.42 Å². The monoisotopic (exact) mass is 304 g/mol. The second kappa shape index (κ2) is 6.74. The van der Waals surface area contributed by atoms with E-state index in [0.29, 0.717) is 5.92 Å². The summed E-state index contributed by atoms with van der Waals surface area (Å²) in [6, 6.07) is 16.8. The van der Waals surface area contributed by atoms with Gasteiger partial charge in [-0.25, -0.2) is 0 Å². The van der Waals surface area contributed by atoms with Crippen LogP contribution in [0.4, 0.5) is 0 Å². The van der Waals surface area contributed by atoms with Gasteiger partial charge in [0.05, 0.1) is 0 Å². The van der Waals surface area contributed by atoms with E-state index in [4.69, 9.17) is 0 Å². The normalized spacial score (nSPS) is 11.0. The summed E-state index contributed by atoms with van der Waals surface area (Å²) in [6.45, 7) is 6.61. The quantitative estimate of drug-likeness (QED) is 0.454. The summed E-state index contributed by atoms with van der Waals surface area (Å²) in [7, 11) is 0.